The van der Waals surface area contributed by atoms with Crippen LogP contribution >= 0.6 is 23.2 Å². The lowest BCUT2D eigenvalue weighted by Gasteiger charge is -2.37. The second-order valence-electron chi connectivity index (χ2n) is 5.06. The molecule has 0 bridgehead atoms. The van der Waals surface area contributed by atoms with Crippen molar-refractivity contribution in [2.24, 2.45) is 5.92 Å². The summed E-state index contributed by atoms with van der Waals surface area (Å²) in [5, 5.41) is 1.30. The monoisotopic (exact) mass is 300 g/mol. The van der Waals surface area contributed by atoms with Crippen LogP contribution in [0.1, 0.15) is 13.8 Å². The molecule has 1 aliphatic heterocycles. The molecule has 1 heterocycles. The Bertz CT molecular complexity index is 469. The van der Waals surface area contributed by atoms with Crippen molar-refractivity contribution in [1.82, 2.24) is 4.90 Å². The van der Waals surface area contributed by atoms with E-state index in [2.05, 4.69) is 4.90 Å². The highest BCUT2D eigenvalue weighted by Crippen LogP contribution is 2.29. The largest absolute Gasteiger partial charge is 0.367 e. The topological polar surface area (TPSA) is 23.6 Å². The molecule has 1 saturated heterocycles. The normalized spacial score (nSPS) is 16.1. The van der Waals surface area contributed by atoms with E-state index < -0.39 is 0 Å². The van der Waals surface area contributed by atoms with Gasteiger partial charge in [0, 0.05) is 37.1 Å². The summed E-state index contributed by atoms with van der Waals surface area (Å²) in [4.78, 5) is 16.0. The van der Waals surface area contributed by atoms with Crippen LogP contribution in [0.2, 0.25) is 10.0 Å². The number of carbonyl (C=O) groups is 1. The van der Waals surface area contributed by atoms with Gasteiger partial charge in [-0.3, -0.25) is 4.79 Å². The van der Waals surface area contributed by atoms with Gasteiger partial charge in [0.25, 0.3) is 0 Å². The third-order valence-corrected chi connectivity index (χ3v) is 3.87. The molecule has 0 spiro atoms. The third-order valence-electron chi connectivity index (χ3n) is 3.34. The van der Waals surface area contributed by atoms with Gasteiger partial charge in [-0.1, -0.05) is 37.0 Å². The highest BCUT2D eigenvalue weighted by molar-refractivity contribution is 6.36. The molecule has 0 atom stereocenters. The Hall–Kier alpha value is -0.930. The second-order valence-corrected chi connectivity index (χ2v) is 5.91. The first-order valence-electron chi connectivity index (χ1n) is 6.48. The molecule has 0 aliphatic carbocycles. The molecule has 0 saturated carbocycles. The number of halogens is 2. The lowest BCUT2D eigenvalue weighted by molar-refractivity contribution is -0.134. The fourth-order valence-corrected chi connectivity index (χ4v) is 2.80. The van der Waals surface area contributed by atoms with Crippen molar-refractivity contribution in [3.8, 4) is 0 Å². The maximum Gasteiger partial charge on any atom is 0.225 e. The predicted octanol–water partition coefficient (Wildman–Crippen LogP) is 3.30. The zero-order valence-electron chi connectivity index (χ0n) is 11.2. The van der Waals surface area contributed by atoms with Crippen LogP contribution in [0.25, 0.3) is 0 Å². The summed E-state index contributed by atoms with van der Waals surface area (Å²) in [5.41, 5.74) is 0.989. The Balaban J connectivity index is 2.02. The van der Waals surface area contributed by atoms with Gasteiger partial charge >= 0.3 is 0 Å². The van der Waals surface area contributed by atoms with Crippen LogP contribution < -0.4 is 4.90 Å². The number of carbonyl (C=O) groups excluding carboxylic acids is 1. The van der Waals surface area contributed by atoms with E-state index in [1.54, 1.807) is 6.07 Å². The number of piperazine rings is 1. The summed E-state index contributed by atoms with van der Waals surface area (Å²) in [5.74, 6) is 0.285. The van der Waals surface area contributed by atoms with E-state index in [1.807, 2.05) is 30.9 Å². The highest BCUT2D eigenvalue weighted by atomic mass is 35.5. The summed E-state index contributed by atoms with van der Waals surface area (Å²) in [6.45, 7) is 6.97. The van der Waals surface area contributed by atoms with Gasteiger partial charge < -0.3 is 9.80 Å². The van der Waals surface area contributed by atoms with Crippen molar-refractivity contribution < 1.29 is 4.79 Å². The summed E-state index contributed by atoms with van der Waals surface area (Å²) in [7, 11) is 0. The minimum atomic E-state index is 0.0608. The number of hydrogen-bond donors (Lipinski definition) is 0. The first kappa shape index (κ1) is 14.5. The molecule has 1 aromatic rings. The maximum atomic E-state index is 11.9. The van der Waals surface area contributed by atoms with Crippen molar-refractivity contribution >= 4 is 34.8 Å². The molecule has 1 aliphatic rings. The van der Waals surface area contributed by atoms with Gasteiger partial charge in [-0.15, -0.1) is 0 Å². The van der Waals surface area contributed by atoms with Gasteiger partial charge in [0.15, 0.2) is 0 Å². The van der Waals surface area contributed by atoms with Crippen molar-refractivity contribution in [3.63, 3.8) is 0 Å². The molecular formula is C14H18Cl2N2O. The first-order chi connectivity index (χ1) is 8.99. The summed E-state index contributed by atoms with van der Waals surface area (Å²) in [6.07, 6.45) is 0. The fraction of sp³-hybridized carbons (Fsp3) is 0.500. The van der Waals surface area contributed by atoms with E-state index in [-0.39, 0.29) is 11.8 Å². The molecule has 0 aromatic heterocycles. The van der Waals surface area contributed by atoms with E-state index in [1.165, 1.54) is 0 Å². The van der Waals surface area contributed by atoms with Gasteiger partial charge in [-0.25, -0.2) is 0 Å². The fourth-order valence-electron chi connectivity index (χ4n) is 2.27. The number of benzene rings is 1. The Kier molecular flexibility index (Phi) is 4.58. The van der Waals surface area contributed by atoms with E-state index in [9.17, 15) is 4.79 Å². The van der Waals surface area contributed by atoms with E-state index in [0.29, 0.717) is 10.0 Å². The molecular weight excluding hydrogens is 283 g/mol. The SMILES string of the molecule is CC(C)C(=O)N1CCN(c2ccc(Cl)cc2Cl)CC1. The lowest BCUT2D eigenvalue weighted by atomic mass is 10.1. The summed E-state index contributed by atoms with van der Waals surface area (Å²) < 4.78 is 0. The predicted molar refractivity (Wildman–Crippen MR) is 80.1 cm³/mol. The third kappa shape index (κ3) is 3.34. The molecule has 104 valence electrons. The van der Waals surface area contributed by atoms with Gasteiger partial charge in [0.05, 0.1) is 10.7 Å². The molecule has 0 unspecified atom stereocenters. The molecule has 0 radical (unpaired) electrons. The van der Waals surface area contributed by atoms with E-state index in [4.69, 9.17) is 23.2 Å². The van der Waals surface area contributed by atoms with Crippen LogP contribution in [0.4, 0.5) is 5.69 Å². The van der Waals surface area contributed by atoms with E-state index in [0.717, 1.165) is 31.9 Å². The molecule has 19 heavy (non-hydrogen) atoms. The Labute approximate surface area is 124 Å². The molecule has 2 rings (SSSR count). The van der Waals surface area contributed by atoms with Crippen LogP contribution in [0.5, 0.6) is 0 Å². The number of amides is 1. The molecule has 1 amide bonds. The number of rotatable bonds is 2. The van der Waals surface area contributed by atoms with Crippen LogP contribution in [0.15, 0.2) is 18.2 Å². The number of nitrogens with zero attached hydrogens (tertiary/aromatic N) is 2. The average Bonchev–Trinajstić information content (AvgIpc) is 2.38. The molecule has 1 aromatic carbocycles. The first-order valence-corrected chi connectivity index (χ1v) is 7.23. The molecule has 5 heteroatoms. The van der Waals surface area contributed by atoms with Crippen LogP contribution in [-0.4, -0.2) is 37.0 Å². The minimum absolute atomic E-state index is 0.0608. The standard InChI is InChI=1S/C14H18Cl2N2O/c1-10(2)14(19)18-7-5-17(6-8-18)13-4-3-11(15)9-12(13)16/h3-4,9-10H,5-8H2,1-2H3. The van der Waals surface area contributed by atoms with Crippen LogP contribution in [0, 0.1) is 5.92 Å². The lowest BCUT2D eigenvalue weighted by Crippen LogP contribution is -2.50. The highest BCUT2D eigenvalue weighted by Gasteiger charge is 2.23. The quantitative estimate of drug-likeness (QED) is 0.837. The number of hydrogen-bond acceptors (Lipinski definition) is 2. The number of anilines is 1. The summed E-state index contributed by atoms with van der Waals surface area (Å²) in [6, 6.07) is 5.53. The minimum Gasteiger partial charge on any atom is -0.367 e. The van der Waals surface area contributed by atoms with Gasteiger partial charge in [0.1, 0.15) is 0 Å². The second kappa shape index (κ2) is 6.02. The Morgan fingerprint density at radius 3 is 2.32 bits per heavy atom. The van der Waals surface area contributed by atoms with E-state index >= 15 is 0 Å². The zero-order valence-corrected chi connectivity index (χ0v) is 12.7. The molecule has 0 N–H and O–H groups in total. The maximum absolute atomic E-state index is 11.9. The van der Waals surface area contributed by atoms with Crippen molar-refractivity contribution in [2.75, 3.05) is 31.1 Å². The van der Waals surface area contributed by atoms with Gasteiger partial charge in [-0.05, 0) is 18.2 Å². The average molecular weight is 301 g/mol. The zero-order chi connectivity index (χ0) is 14.0. The van der Waals surface area contributed by atoms with Gasteiger partial charge in [-0.2, -0.15) is 0 Å². The van der Waals surface area contributed by atoms with Crippen molar-refractivity contribution in [3.05, 3.63) is 28.2 Å². The van der Waals surface area contributed by atoms with Crippen molar-refractivity contribution in [1.29, 1.82) is 0 Å². The molecule has 3 nitrogen and oxygen atoms in total. The molecule has 1 fully saturated rings. The Morgan fingerprint density at radius 2 is 1.79 bits per heavy atom. The smallest absolute Gasteiger partial charge is 0.225 e. The van der Waals surface area contributed by atoms with Crippen LogP contribution in [0.3, 0.4) is 0 Å². The summed E-state index contributed by atoms with van der Waals surface area (Å²) >= 11 is 12.1. The van der Waals surface area contributed by atoms with Gasteiger partial charge in [0.2, 0.25) is 5.91 Å². The Morgan fingerprint density at radius 1 is 1.16 bits per heavy atom. The van der Waals surface area contributed by atoms with Crippen LogP contribution in [-0.2, 0) is 4.79 Å². The van der Waals surface area contributed by atoms with Crippen molar-refractivity contribution in [2.45, 2.75) is 13.8 Å².